The van der Waals surface area contributed by atoms with Gasteiger partial charge in [0.15, 0.2) is 0 Å². The van der Waals surface area contributed by atoms with E-state index in [-0.39, 0.29) is 17.2 Å². The lowest BCUT2D eigenvalue weighted by atomic mass is 10.1. The molecule has 0 amide bonds. The summed E-state index contributed by atoms with van der Waals surface area (Å²) in [5.74, 6) is -0.664. The minimum absolute atomic E-state index is 0.0281. The lowest BCUT2D eigenvalue weighted by Crippen LogP contribution is -2.24. The number of carbonyl (C=O) groups excluding carboxylic acids is 1. The second-order valence-corrected chi connectivity index (χ2v) is 6.08. The summed E-state index contributed by atoms with van der Waals surface area (Å²) >= 11 is 0. The molecule has 22 heavy (non-hydrogen) atoms. The van der Waals surface area contributed by atoms with Gasteiger partial charge in [0.05, 0.1) is 27.3 Å². The molecule has 0 bridgehead atoms. The zero-order chi connectivity index (χ0) is 16.8. The van der Waals surface area contributed by atoms with Gasteiger partial charge in [0.1, 0.15) is 11.1 Å². The van der Waals surface area contributed by atoms with E-state index in [1.807, 2.05) is 0 Å². The number of hydrogen-bond donors (Lipinski definition) is 2. The number of aryl methyl sites for hydroxylation is 1. The number of carbonyl (C=O) groups is 1. The molecule has 0 saturated heterocycles. The number of nitrogens with zero attached hydrogens (tertiary/aromatic N) is 2. The number of hydrogen-bond acceptors (Lipinski definition) is 6. The molecule has 2 rings (SSSR count). The molecule has 0 aliphatic carbocycles. The average Bonchev–Trinajstić information content (AvgIpc) is 2.79. The third-order valence-electron chi connectivity index (χ3n) is 3.22. The number of benzene rings is 1. The largest absolute Gasteiger partial charge is 0.454 e. The normalized spacial score (nSPS) is 11.7. The molecule has 1 heterocycles. The van der Waals surface area contributed by atoms with Gasteiger partial charge in [0.25, 0.3) is 5.69 Å². The second-order valence-electron chi connectivity index (χ2n) is 6.08. The van der Waals surface area contributed by atoms with Crippen molar-refractivity contribution < 1.29 is 14.5 Å². The van der Waals surface area contributed by atoms with Gasteiger partial charge in [-0.3, -0.25) is 10.1 Å². The molecule has 1 aromatic carbocycles. The van der Waals surface area contributed by atoms with Crippen molar-refractivity contribution in [1.29, 1.82) is 0 Å². The highest BCUT2D eigenvalue weighted by atomic mass is 16.6. The molecular formula is C14H18N4O4. The Hall–Kier alpha value is -2.64. The fourth-order valence-electron chi connectivity index (χ4n) is 2.24. The molecule has 8 nitrogen and oxygen atoms in total. The van der Waals surface area contributed by atoms with Crippen LogP contribution in [0.3, 0.4) is 0 Å². The monoisotopic (exact) mass is 306 g/mol. The number of aromatic amines is 1. The highest BCUT2D eigenvalue weighted by Crippen LogP contribution is 2.35. The number of ether oxygens (including phenoxy) is 1. The van der Waals surface area contributed by atoms with Gasteiger partial charge < -0.3 is 15.5 Å². The van der Waals surface area contributed by atoms with Crippen LogP contribution >= 0.6 is 0 Å². The van der Waals surface area contributed by atoms with Gasteiger partial charge in [-0.1, -0.05) is 0 Å². The number of nitro benzene ring substituents is 1. The van der Waals surface area contributed by atoms with Gasteiger partial charge in [-0.25, -0.2) is 9.78 Å². The SMILES string of the molecule is Cc1c([N+](=O)[O-])c(C)c2nc(C(=O)OC(C)(C)C)[nH]c2c1N. The smallest absolute Gasteiger partial charge is 0.374 e. The Bertz CT molecular complexity index is 786. The Kier molecular flexibility index (Phi) is 3.56. The van der Waals surface area contributed by atoms with Crippen molar-refractivity contribution in [3.63, 3.8) is 0 Å². The Morgan fingerprint density at radius 1 is 1.32 bits per heavy atom. The van der Waals surface area contributed by atoms with Crippen LogP contribution in [0.15, 0.2) is 0 Å². The van der Waals surface area contributed by atoms with Crippen LogP contribution in [0.25, 0.3) is 11.0 Å². The molecule has 0 unspecified atom stereocenters. The van der Waals surface area contributed by atoms with Crippen molar-refractivity contribution in [2.45, 2.75) is 40.2 Å². The number of nitrogens with two attached hydrogens (primary N) is 1. The van der Waals surface area contributed by atoms with Crippen LogP contribution in [0.5, 0.6) is 0 Å². The van der Waals surface area contributed by atoms with Crippen molar-refractivity contribution in [2.24, 2.45) is 0 Å². The zero-order valence-electron chi connectivity index (χ0n) is 13.1. The number of esters is 1. The van der Waals surface area contributed by atoms with Crippen molar-refractivity contribution in [3.8, 4) is 0 Å². The molecule has 0 saturated carbocycles. The molecule has 3 N–H and O–H groups in total. The summed E-state index contributed by atoms with van der Waals surface area (Å²) in [4.78, 5) is 29.7. The number of nitro groups is 1. The molecule has 0 aliphatic heterocycles. The van der Waals surface area contributed by atoms with Crippen molar-refractivity contribution in [2.75, 3.05) is 5.73 Å². The summed E-state index contributed by atoms with van der Waals surface area (Å²) < 4.78 is 5.23. The van der Waals surface area contributed by atoms with Crippen molar-refractivity contribution in [1.82, 2.24) is 9.97 Å². The van der Waals surface area contributed by atoms with Gasteiger partial charge in [0.2, 0.25) is 5.82 Å². The first-order valence-corrected chi connectivity index (χ1v) is 6.69. The minimum atomic E-state index is -0.668. The fraction of sp³-hybridized carbons (Fsp3) is 0.429. The van der Waals surface area contributed by atoms with E-state index in [0.29, 0.717) is 22.2 Å². The Morgan fingerprint density at radius 3 is 2.41 bits per heavy atom. The first kappa shape index (κ1) is 15.7. The van der Waals surface area contributed by atoms with Crippen LogP contribution in [-0.4, -0.2) is 26.5 Å². The van der Waals surface area contributed by atoms with Crippen LogP contribution in [0.4, 0.5) is 11.4 Å². The van der Waals surface area contributed by atoms with Gasteiger partial charge in [-0.05, 0) is 34.6 Å². The maximum Gasteiger partial charge on any atom is 0.374 e. The number of rotatable bonds is 2. The van der Waals surface area contributed by atoms with E-state index in [2.05, 4.69) is 9.97 Å². The molecule has 0 aliphatic rings. The van der Waals surface area contributed by atoms with E-state index in [1.165, 1.54) is 0 Å². The number of anilines is 1. The number of fused-ring (bicyclic) bond motifs is 1. The number of nitrogen functional groups attached to an aromatic ring is 1. The van der Waals surface area contributed by atoms with Crippen LogP contribution in [0.2, 0.25) is 0 Å². The van der Waals surface area contributed by atoms with Gasteiger partial charge >= 0.3 is 5.97 Å². The molecule has 0 spiro atoms. The highest BCUT2D eigenvalue weighted by molar-refractivity contribution is 5.99. The molecular weight excluding hydrogens is 288 g/mol. The van der Waals surface area contributed by atoms with Crippen LogP contribution in [0.1, 0.15) is 42.5 Å². The van der Waals surface area contributed by atoms with Gasteiger partial charge in [-0.2, -0.15) is 0 Å². The minimum Gasteiger partial charge on any atom is -0.454 e. The summed E-state index contributed by atoms with van der Waals surface area (Å²) in [5.41, 5.74) is 6.79. The van der Waals surface area contributed by atoms with E-state index in [0.717, 1.165) is 0 Å². The predicted octanol–water partition coefficient (Wildman–Crippen LogP) is 2.63. The topological polar surface area (TPSA) is 124 Å². The maximum atomic E-state index is 12.1. The van der Waals surface area contributed by atoms with Crippen molar-refractivity contribution >= 4 is 28.4 Å². The van der Waals surface area contributed by atoms with E-state index >= 15 is 0 Å². The second kappa shape index (κ2) is 4.97. The quantitative estimate of drug-likeness (QED) is 0.380. The molecule has 0 atom stereocenters. The van der Waals surface area contributed by atoms with Gasteiger partial charge in [-0.15, -0.1) is 0 Å². The Balaban J connectivity index is 2.65. The Morgan fingerprint density at radius 2 is 1.91 bits per heavy atom. The zero-order valence-corrected chi connectivity index (χ0v) is 13.1. The number of aromatic nitrogens is 2. The van der Waals surface area contributed by atoms with Crippen LogP contribution in [-0.2, 0) is 4.74 Å². The summed E-state index contributed by atoms with van der Waals surface area (Å²) in [6.45, 7) is 8.35. The summed E-state index contributed by atoms with van der Waals surface area (Å²) in [5, 5.41) is 11.2. The summed E-state index contributed by atoms with van der Waals surface area (Å²) in [6, 6.07) is 0. The molecule has 8 heteroatoms. The van der Waals surface area contributed by atoms with E-state index in [9.17, 15) is 14.9 Å². The molecule has 0 radical (unpaired) electrons. The lowest BCUT2D eigenvalue weighted by molar-refractivity contribution is -0.385. The highest BCUT2D eigenvalue weighted by Gasteiger charge is 2.26. The standard InChI is InChI=1S/C14H18N4O4/c1-6-8(15)10-9(7(2)11(6)18(20)21)16-12(17-10)13(19)22-14(3,4)5/h15H2,1-5H3,(H,16,17). The van der Waals surface area contributed by atoms with Crippen molar-refractivity contribution in [3.05, 3.63) is 27.1 Å². The third-order valence-corrected chi connectivity index (χ3v) is 3.22. The average molecular weight is 306 g/mol. The predicted molar refractivity (Wildman–Crippen MR) is 81.8 cm³/mol. The summed E-state index contributed by atoms with van der Waals surface area (Å²) in [6.07, 6.45) is 0. The molecule has 2 aromatic rings. The van der Waals surface area contributed by atoms with E-state index < -0.39 is 16.5 Å². The first-order chi connectivity index (χ1) is 10.0. The molecule has 0 fully saturated rings. The number of imidazole rings is 1. The fourth-order valence-corrected chi connectivity index (χ4v) is 2.24. The third kappa shape index (κ3) is 2.59. The number of nitrogens with one attached hydrogen (secondary N) is 1. The summed E-state index contributed by atoms with van der Waals surface area (Å²) in [7, 11) is 0. The Labute approximate surface area is 126 Å². The van der Waals surface area contributed by atoms with E-state index in [1.54, 1.807) is 34.6 Å². The molecule has 118 valence electrons. The number of H-pyrrole nitrogens is 1. The lowest BCUT2D eigenvalue weighted by Gasteiger charge is -2.18. The maximum absolute atomic E-state index is 12.1. The van der Waals surface area contributed by atoms with Gasteiger partial charge in [0, 0.05) is 0 Å². The van der Waals surface area contributed by atoms with E-state index in [4.69, 9.17) is 10.5 Å². The van der Waals surface area contributed by atoms with Crippen LogP contribution < -0.4 is 5.73 Å². The first-order valence-electron chi connectivity index (χ1n) is 6.69. The molecule has 1 aromatic heterocycles. The van der Waals surface area contributed by atoms with Crippen LogP contribution in [0, 0.1) is 24.0 Å².